The molecule has 1 atom stereocenters. The minimum absolute atomic E-state index is 0. The van der Waals surface area contributed by atoms with Crippen molar-refractivity contribution in [1.82, 2.24) is 0 Å². The normalized spacial score (nSPS) is 21.9. The van der Waals surface area contributed by atoms with Crippen molar-refractivity contribution in [3.8, 4) is 0 Å². The molecule has 0 aromatic rings. The number of hydrogen-bond acceptors (Lipinski definition) is 2. The van der Waals surface area contributed by atoms with E-state index < -0.39 is 7.14 Å². The van der Waals surface area contributed by atoms with Gasteiger partial charge >= 0.3 is 0 Å². The first-order valence-corrected chi connectivity index (χ1v) is 6.99. The third kappa shape index (κ3) is 3.08. The molecule has 0 aromatic heterocycles. The summed E-state index contributed by atoms with van der Waals surface area (Å²) in [6, 6.07) is 0. The molecule has 0 aliphatic heterocycles. The molecule has 1 saturated carbocycles. The molecule has 4 heteroatoms. The summed E-state index contributed by atoms with van der Waals surface area (Å²) in [4.78, 5) is 0. The second-order valence-electron chi connectivity index (χ2n) is 3.97. The van der Waals surface area contributed by atoms with Crippen LogP contribution in [0.15, 0.2) is 0 Å². The van der Waals surface area contributed by atoms with Crippen molar-refractivity contribution in [1.29, 1.82) is 0 Å². The van der Waals surface area contributed by atoms with Gasteiger partial charge in [-0.2, -0.15) is 0 Å². The molecule has 0 saturated heterocycles. The van der Waals surface area contributed by atoms with Crippen molar-refractivity contribution < 1.29 is 4.57 Å². The summed E-state index contributed by atoms with van der Waals surface area (Å²) >= 11 is 0. The van der Waals surface area contributed by atoms with Crippen molar-refractivity contribution in [2.75, 3.05) is 13.3 Å². The Morgan fingerprint density at radius 1 is 1.33 bits per heavy atom. The lowest BCUT2D eigenvalue weighted by molar-refractivity contribution is 0.494. The van der Waals surface area contributed by atoms with Crippen LogP contribution < -0.4 is 5.73 Å². The number of halogens is 1. The standard InChI is InChI=1S/C8H18NOP.ClH/c1-11(2,10)8(9)7-5-3-4-6-7;/h7-8H,3-6,9H2,1-2H3;1H. The predicted octanol–water partition coefficient (Wildman–Crippen LogP) is 2.51. The van der Waals surface area contributed by atoms with Gasteiger partial charge in [0.1, 0.15) is 0 Å². The molecule has 0 spiro atoms. The molecule has 74 valence electrons. The van der Waals surface area contributed by atoms with Crippen LogP contribution in [-0.2, 0) is 4.57 Å². The maximum Gasteiger partial charge on any atom is 0.0979 e. The SMILES string of the molecule is CP(C)(=O)C(N)C1CCCC1.Cl. The van der Waals surface area contributed by atoms with E-state index in [4.69, 9.17) is 5.73 Å². The summed E-state index contributed by atoms with van der Waals surface area (Å²) in [7, 11) is -2.03. The average Bonchev–Trinajstić information content (AvgIpc) is 2.34. The maximum absolute atomic E-state index is 11.6. The van der Waals surface area contributed by atoms with Gasteiger partial charge in [0, 0.05) is 0 Å². The fourth-order valence-electron chi connectivity index (χ4n) is 1.81. The highest BCUT2D eigenvalue weighted by Crippen LogP contribution is 2.47. The van der Waals surface area contributed by atoms with E-state index in [1.165, 1.54) is 25.7 Å². The Labute approximate surface area is 81.1 Å². The van der Waals surface area contributed by atoms with Gasteiger partial charge in [-0.1, -0.05) is 12.8 Å². The molecular formula is C8H19ClNOP. The van der Waals surface area contributed by atoms with Crippen molar-refractivity contribution in [2.24, 2.45) is 11.7 Å². The van der Waals surface area contributed by atoms with Crippen LogP contribution in [0.25, 0.3) is 0 Å². The number of nitrogens with two attached hydrogens (primary N) is 1. The molecule has 0 amide bonds. The van der Waals surface area contributed by atoms with E-state index in [-0.39, 0.29) is 18.2 Å². The highest BCUT2D eigenvalue weighted by molar-refractivity contribution is 7.63. The van der Waals surface area contributed by atoms with Gasteiger partial charge in [0.15, 0.2) is 0 Å². The van der Waals surface area contributed by atoms with E-state index in [1.807, 2.05) is 0 Å². The summed E-state index contributed by atoms with van der Waals surface area (Å²) in [5, 5.41) is 0. The number of hydrogen-bond donors (Lipinski definition) is 1. The van der Waals surface area contributed by atoms with Gasteiger partial charge in [-0.15, -0.1) is 12.4 Å². The Kier molecular flexibility index (Phi) is 4.83. The van der Waals surface area contributed by atoms with Crippen molar-refractivity contribution in [3.05, 3.63) is 0 Å². The van der Waals surface area contributed by atoms with Crippen LogP contribution in [0.2, 0.25) is 0 Å². The van der Waals surface area contributed by atoms with Gasteiger partial charge < -0.3 is 10.3 Å². The highest BCUT2D eigenvalue weighted by atomic mass is 35.5. The summed E-state index contributed by atoms with van der Waals surface area (Å²) in [6.07, 6.45) is 4.93. The van der Waals surface area contributed by atoms with Gasteiger partial charge in [0.05, 0.1) is 12.9 Å². The Morgan fingerprint density at radius 2 is 1.75 bits per heavy atom. The minimum atomic E-state index is -2.03. The molecule has 1 aliphatic carbocycles. The zero-order chi connectivity index (χ0) is 8.48. The monoisotopic (exact) mass is 211 g/mol. The molecule has 1 aliphatic rings. The van der Waals surface area contributed by atoms with Crippen LogP contribution in [0.1, 0.15) is 25.7 Å². The minimum Gasteiger partial charge on any atom is -0.323 e. The van der Waals surface area contributed by atoms with Crippen LogP contribution in [-0.4, -0.2) is 19.1 Å². The van der Waals surface area contributed by atoms with Crippen LogP contribution >= 0.6 is 19.5 Å². The summed E-state index contributed by atoms with van der Waals surface area (Å²) in [5.74, 6) is 0.501. The highest BCUT2D eigenvalue weighted by Gasteiger charge is 2.29. The molecule has 0 radical (unpaired) electrons. The van der Waals surface area contributed by atoms with Gasteiger partial charge in [-0.3, -0.25) is 0 Å². The topological polar surface area (TPSA) is 43.1 Å². The first-order chi connectivity index (χ1) is 5.02. The second-order valence-corrected chi connectivity index (χ2v) is 7.43. The van der Waals surface area contributed by atoms with Crippen LogP contribution in [0.4, 0.5) is 0 Å². The molecule has 1 fully saturated rings. The fourth-order valence-corrected chi connectivity index (χ4v) is 3.12. The van der Waals surface area contributed by atoms with Gasteiger partial charge in [-0.25, -0.2) is 0 Å². The Balaban J connectivity index is 0.00000121. The maximum atomic E-state index is 11.6. The molecule has 0 heterocycles. The lowest BCUT2D eigenvalue weighted by Gasteiger charge is -2.22. The number of rotatable bonds is 2. The molecule has 0 bridgehead atoms. The average molecular weight is 212 g/mol. The van der Waals surface area contributed by atoms with E-state index in [9.17, 15) is 4.57 Å². The van der Waals surface area contributed by atoms with Gasteiger partial charge in [-0.05, 0) is 32.1 Å². The molecular weight excluding hydrogens is 193 g/mol. The van der Waals surface area contributed by atoms with E-state index >= 15 is 0 Å². The third-order valence-corrected chi connectivity index (χ3v) is 4.46. The molecule has 1 rings (SSSR count). The van der Waals surface area contributed by atoms with E-state index in [1.54, 1.807) is 13.3 Å². The van der Waals surface area contributed by atoms with Crippen LogP contribution in [0.3, 0.4) is 0 Å². The van der Waals surface area contributed by atoms with E-state index in [2.05, 4.69) is 0 Å². The summed E-state index contributed by atoms with van der Waals surface area (Å²) in [5.41, 5.74) is 5.89. The van der Waals surface area contributed by atoms with E-state index in [0.717, 1.165) is 0 Å². The Bertz CT molecular complexity index is 174. The largest absolute Gasteiger partial charge is 0.323 e. The Hall–Kier alpha value is 0.480. The van der Waals surface area contributed by atoms with Crippen LogP contribution in [0, 0.1) is 5.92 Å². The third-order valence-electron chi connectivity index (χ3n) is 2.60. The predicted molar refractivity (Wildman–Crippen MR) is 56.6 cm³/mol. The van der Waals surface area contributed by atoms with Gasteiger partial charge in [0.25, 0.3) is 0 Å². The molecule has 2 N–H and O–H groups in total. The Morgan fingerprint density at radius 3 is 2.08 bits per heavy atom. The first-order valence-electron chi connectivity index (χ1n) is 4.32. The molecule has 2 nitrogen and oxygen atoms in total. The smallest absolute Gasteiger partial charge is 0.0979 e. The fraction of sp³-hybridized carbons (Fsp3) is 1.00. The van der Waals surface area contributed by atoms with Crippen molar-refractivity contribution in [2.45, 2.75) is 31.5 Å². The first kappa shape index (κ1) is 12.5. The molecule has 12 heavy (non-hydrogen) atoms. The van der Waals surface area contributed by atoms with Crippen LogP contribution in [0.5, 0.6) is 0 Å². The zero-order valence-corrected chi connectivity index (χ0v) is 9.54. The molecule has 1 unspecified atom stereocenters. The van der Waals surface area contributed by atoms with Crippen molar-refractivity contribution in [3.63, 3.8) is 0 Å². The summed E-state index contributed by atoms with van der Waals surface area (Å²) in [6.45, 7) is 3.60. The summed E-state index contributed by atoms with van der Waals surface area (Å²) < 4.78 is 11.6. The van der Waals surface area contributed by atoms with E-state index in [0.29, 0.717) is 5.92 Å². The second kappa shape index (κ2) is 4.64. The lowest BCUT2D eigenvalue weighted by atomic mass is 10.1. The quantitative estimate of drug-likeness (QED) is 0.714. The lowest BCUT2D eigenvalue weighted by Crippen LogP contribution is -2.27. The molecule has 0 aromatic carbocycles. The van der Waals surface area contributed by atoms with Crippen molar-refractivity contribution >= 4 is 19.5 Å². The zero-order valence-electron chi connectivity index (χ0n) is 7.82. The van der Waals surface area contributed by atoms with Gasteiger partial charge in [0.2, 0.25) is 0 Å².